The first-order chi connectivity index (χ1) is 9.11. The SMILES string of the molecule is CCc1ccc(NC(N)=O)cc1.Cc1ccccc1. The lowest BCUT2D eigenvalue weighted by Crippen LogP contribution is -2.19. The number of urea groups is 1. The van der Waals surface area contributed by atoms with E-state index in [-0.39, 0.29) is 0 Å². The summed E-state index contributed by atoms with van der Waals surface area (Å²) >= 11 is 0. The fraction of sp³-hybridized carbons (Fsp3) is 0.188. The molecule has 0 aliphatic rings. The van der Waals surface area contributed by atoms with Gasteiger partial charge in [-0.2, -0.15) is 0 Å². The lowest BCUT2D eigenvalue weighted by atomic mass is 10.1. The molecule has 100 valence electrons. The summed E-state index contributed by atoms with van der Waals surface area (Å²) in [6.45, 7) is 4.16. The van der Waals surface area contributed by atoms with Crippen molar-refractivity contribution in [3.63, 3.8) is 0 Å². The van der Waals surface area contributed by atoms with Gasteiger partial charge in [0.1, 0.15) is 0 Å². The van der Waals surface area contributed by atoms with E-state index in [0.29, 0.717) is 0 Å². The van der Waals surface area contributed by atoms with Crippen molar-refractivity contribution in [3.05, 3.63) is 65.7 Å². The number of carbonyl (C=O) groups is 1. The zero-order valence-corrected chi connectivity index (χ0v) is 11.4. The van der Waals surface area contributed by atoms with Gasteiger partial charge in [0.25, 0.3) is 0 Å². The highest BCUT2D eigenvalue weighted by atomic mass is 16.2. The number of carbonyl (C=O) groups excluding carboxylic acids is 1. The van der Waals surface area contributed by atoms with Gasteiger partial charge in [-0.05, 0) is 31.0 Å². The van der Waals surface area contributed by atoms with Crippen molar-refractivity contribution in [1.29, 1.82) is 0 Å². The molecule has 2 aromatic rings. The Morgan fingerprint density at radius 3 is 2.00 bits per heavy atom. The topological polar surface area (TPSA) is 55.1 Å². The van der Waals surface area contributed by atoms with Crippen LogP contribution in [0.2, 0.25) is 0 Å². The predicted molar refractivity (Wildman–Crippen MR) is 80.2 cm³/mol. The van der Waals surface area contributed by atoms with Crippen molar-refractivity contribution in [3.8, 4) is 0 Å². The van der Waals surface area contributed by atoms with Crippen LogP contribution in [-0.4, -0.2) is 6.03 Å². The summed E-state index contributed by atoms with van der Waals surface area (Å²) in [6, 6.07) is 17.3. The molecule has 0 spiro atoms. The number of anilines is 1. The minimum absolute atomic E-state index is 0.528. The first-order valence-corrected chi connectivity index (χ1v) is 6.29. The van der Waals surface area contributed by atoms with Crippen molar-refractivity contribution >= 4 is 11.7 Å². The van der Waals surface area contributed by atoms with Crippen molar-refractivity contribution in [1.82, 2.24) is 0 Å². The summed E-state index contributed by atoms with van der Waals surface area (Å²) in [7, 11) is 0. The van der Waals surface area contributed by atoms with Crippen LogP contribution in [0.3, 0.4) is 0 Å². The highest BCUT2D eigenvalue weighted by Gasteiger charge is 1.94. The van der Waals surface area contributed by atoms with E-state index in [1.807, 2.05) is 42.5 Å². The molecule has 0 aliphatic heterocycles. The predicted octanol–water partition coefficient (Wildman–Crippen LogP) is 3.73. The van der Waals surface area contributed by atoms with Gasteiger partial charge in [0.05, 0.1) is 0 Å². The molecule has 0 aliphatic carbocycles. The summed E-state index contributed by atoms with van der Waals surface area (Å²) in [5.41, 5.74) is 8.24. The number of amides is 2. The molecule has 0 saturated heterocycles. The first-order valence-electron chi connectivity index (χ1n) is 6.29. The maximum atomic E-state index is 10.4. The van der Waals surface area contributed by atoms with Gasteiger partial charge in [0, 0.05) is 5.69 Å². The zero-order valence-electron chi connectivity index (χ0n) is 11.4. The fourth-order valence-electron chi connectivity index (χ4n) is 1.50. The van der Waals surface area contributed by atoms with Crippen LogP contribution < -0.4 is 11.1 Å². The van der Waals surface area contributed by atoms with Crippen LogP contribution in [0.1, 0.15) is 18.1 Å². The molecule has 0 unspecified atom stereocenters. The van der Waals surface area contributed by atoms with E-state index in [1.165, 1.54) is 11.1 Å². The maximum Gasteiger partial charge on any atom is 0.316 e. The second-order valence-corrected chi connectivity index (χ2v) is 4.19. The highest BCUT2D eigenvalue weighted by Crippen LogP contribution is 2.09. The third-order valence-electron chi connectivity index (χ3n) is 2.57. The second-order valence-electron chi connectivity index (χ2n) is 4.19. The lowest BCUT2D eigenvalue weighted by molar-refractivity contribution is 0.259. The van der Waals surface area contributed by atoms with Crippen LogP contribution in [-0.2, 0) is 6.42 Å². The first kappa shape index (κ1) is 14.8. The Kier molecular flexibility index (Phi) is 6.16. The third-order valence-corrected chi connectivity index (χ3v) is 2.57. The van der Waals surface area contributed by atoms with Gasteiger partial charge in [-0.1, -0.05) is 55.0 Å². The molecule has 0 radical (unpaired) electrons. The molecule has 0 aromatic heterocycles. The van der Waals surface area contributed by atoms with Gasteiger partial charge >= 0.3 is 6.03 Å². The standard InChI is InChI=1S/C9H12N2O.C7H8/c1-2-7-3-5-8(6-4-7)11-9(10)12;1-7-5-3-2-4-6-7/h3-6H,2H2,1H3,(H3,10,11,12);2-6H,1H3. The van der Waals surface area contributed by atoms with Crippen LogP contribution in [0.25, 0.3) is 0 Å². The van der Waals surface area contributed by atoms with Gasteiger partial charge in [0.2, 0.25) is 0 Å². The largest absolute Gasteiger partial charge is 0.351 e. The summed E-state index contributed by atoms with van der Waals surface area (Å²) in [5, 5.41) is 2.49. The molecule has 0 fully saturated rings. The Labute approximate surface area is 114 Å². The van der Waals surface area contributed by atoms with Gasteiger partial charge < -0.3 is 11.1 Å². The summed E-state index contributed by atoms with van der Waals surface area (Å²) < 4.78 is 0. The Morgan fingerprint density at radius 1 is 1.05 bits per heavy atom. The van der Waals surface area contributed by atoms with Crippen molar-refractivity contribution < 1.29 is 4.79 Å². The fourth-order valence-corrected chi connectivity index (χ4v) is 1.50. The molecule has 0 saturated carbocycles. The Hall–Kier alpha value is -2.29. The number of benzene rings is 2. The average Bonchev–Trinajstić information content (AvgIpc) is 2.40. The van der Waals surface area contributed by atoms with Gasteiger partial charge in [-0.3, -0.25) is 0 Å². The number of aryl methyl sites for hydroxylation is 2. The average molecular weight is 256 g/mol. The molecule has 0 bridgehead atoms. The Morgan fingerprint density at radius 2 is 1.63 bits per heavy atom. The molecule has 2 aromatic carbocycles. The minimum Gasteiger partial charge on any atom is -0.351 e. The Bertz CT molecular complexity index is 492. The molecule has 0 heterocycles. The highest BCUT2D eigenvalue weighted by molar-refractivity contribution is 5.87. The smallest absolute Gasteiger partial charge is 0.316 e. The molecule has 2 rings (SSSR count). The van der Waals surface area contributed by atoms with E-state index in [4.69, 9.17) is 5.73 Å². The summed E-state index contributed by atoms with van der Waals surface area (Å²) in [6.07, 6.45) is 0.997. The molecular formula is C16H20N2O. The van der Waals surface area contributed by atoms with Crippen LogP contribution >= 0.6 is 0 Å². The van der Waals surface area contributed by atoms with Crippen LogP contribution in [0.5, 0.6) is 0 Å². The molecule has 19 heavy (non-hydrogen) atoms. The van der Waals surface area contributed by atoms with Crippen molar-refractivity contribution in [2.75, 3.05) is 5.32 Å². The zero-order chi connectivity index (χ0) is 14.1. The molecule has 3 N–H and O–H groups in total. The monoisotopic (exact) mass is 256 g/mol. The van der Waals surface area contributed by atoms with E-state index in [1.54, 1.807) is 0 Å². The number of hydrogen-bond donors (Lipinski definition) is 2. The molecular weight excluding hydrogens is 236 g/mol. The van der Waals surface area contributed by atoms with Crippen LogP contribution in [0.4, 0.5) is 10.5 Å². The van der Waals surface area contributed by atoms with E-state index >= 15 is 0 Å². The summed E-state index contributed by atoms with van der Waals surface area (Å²) in [5.74, 6) is 0. The van der Waals surface area contributed by atoms with E-state index in [9.17, 15) is 4.79 Å². The van der Waals surface area contributed by atoms with E-state index < -0.39 is 6.03 Å². The number of primary amides is 1. The Balaban J connectivity index is 0.000000218. The van der Waals surface area contributed by atoms with Crippen LogP contribution in [0.15, 0.2) is 54.6 Å². The number of nitrogens with two attached hydrogens (primary N) is 1. The molecule has 3 nitrogen and oxygen atoms in total. The van der Waals surface area contributed by atoms with E-state index in [0.717, 1.165) is 12.1 Å². The quantitative estimate of drug-likeness (QED) is 0.845. The van der Waals surface area contributed by atoms with Crippen LogP contribution in [0, 0.1) is 6.92 Å². The van der Waals surface area contributed by atoms with Crippen molar-refractivity contribution in [2.45, 2.75) is 20.3 Å². The minimum atomic E-state index is -0.528. The number of rotatable bonds is 2. The summed E-state index contributed by atoms with van der Waals surface area (Å²) in [4.78, 5) is 10.4. The van der Waals surface area contributed by atoms with Gasteiger partial charge in [0.15, 0.2) is 0 Å². The lowest BCUT2D eigenvalue weighted by Gasteiger charge is -2.01. The number of hydrogen-bond acceptors (Lipinski definition) is 1. The third kappa shape index (κ3) is 6.27. The molecule has 2 amide bonds. The molecule has 3 heteroatoms. The van der Waals surface area contributed by atoms with Crippen molar-refractivity contribution in [2.24, 2.45) is 5.73 Å². The normalized spacial score (nSPS) is 9.16. The van der Waals surface area contributed by atoms with Gasteiger partial charge in [-0.25, -0.2) is 4.79 Å². The second kappa shape index (κ2) is 7.93. The van der Waals surface area contributed by atoms with Gasteiger partial charge in [-0.15, -0.1) is 0 Å². The van der Waals surface area contributed by atoms with E-state index in [2.05, 4.69) is 31.3 Å². The maximum absolute atomic E-state index is 10.4. The number of nitrogens with one attached hydrogen (secondary N) is 1. The molecule has 0 atom stereocenters.